The minimum Gasteiger partial charge on any atom is -0.353 e. The number of halogens is 1. The minimum atomic E-state index is -0.265. The molecule has 0 N–H and O–H groups in total. The van der Waals surface area contributed by atoms with Crippen LogP contribution in [0, 0.1) is 17.1 Å². The Bertz CT molecular complexity index is 574. The largest absolute Gasteiger partial charge is 0.353 e. The van der Waals surface area contributed by atoms with Gasteiger partial charge in [0.1, 0.15) is 11.9 Å². The summed E-state index contributed by atoms with van der Waals surface area (Å²) in [6.45, 7) is 0.535. The SMILES string of the molecule is CN(Cc1ccc(F)cc1)c1nccnc1C#N. The molecule has 4 nitrogen and oxygen atoms in total. The van der Waals surface area contributed by atoms with Gasteiger partial charge in [0.2, 0.25) is 0 Å². The van der Waals surface area contributed by atoms with E-state index in [1.54, 1.807) is 17.0 Å². The molecule has 0 bridgehead atoms. The Hall–Kier alpha value is -2.48. The van der Waals surface area contributed by atoms with Crippen LogP contribution in [0.2, 0.25) is 0 Å². The van der Waals surface area contributed by atoms with Gasteiger partial charge >= 0.3 is 0 Å². The second-order valence-corrected chi connectivity index (χ2v) is 3.82. The van der Waals surface area contributed by atoms with Crippen molar-refractivity contribution in [2.45, 2.75) is 6.54 Å². The summed E-state index contributed by atoms with van der Waals surface area (Å²) in [6, 6.07) is 8.22. The van der Waals surface area contributed by atoms with Crippen LogP contribution in [0.15, 0.2) is 36.7 Å². The summed E-state index contributed by atoms with van der Waals surface area (Å²) in [6.07, 6.45) is 3.02. The van der Waals surface area contributed by atoms with E-state index >= 15 is 0 Å². The molecule has 0 saturated carbocycles. The molecule has 0 saturated heterocycles. The lowest BCUT2D eigenvalue weighted by atomic mass is 10.2. The molecule has 5 heteroatoms. The summed E-state index contributed by atoms with van der Waals surface area (Å²) >= 11 is 0. The summed E-state index contributed by atoms with van der Waals surface area (Å²) in [5.41, 5.74) is 1.22. The normalized spacial score (nSPS) is 9.83. The zero-order valence-corrected chi connectivity index (χ0v) is 9.84. The highest BCUT2D eigenvalue weighted by atomic mass is 19.1. The topological polar surface area (TPSA) is 52.8 Å². The first-order valence-corrected chi connectivity index (χ1v) is 5.37. The van der Waals surface area contributed by atoms with E-state index in [-0.39, 0.29) is 11.5 Å². The summed E-state index contributed by atoms with van der Waals surface area (Å²) in [5, 5.41) is 8.94. The van der Waals surface area contributed by atoms with Gasteiger partial charge in [-0.05, 0) is 17.7 Å². The number of rotatable bonds is 3. The van der Waals surface area contributed by atoms with Crippen molar-refractivity contribution in [3.8, 4) is 6.07 Å². The van der Waals surface area contributed by atoms with Gasteiger partial charge in [-0.1, -0.05) is 12.1 Å². The fraction of sp³-hybridized carbons (Fsp3) is 0.154. The molecular formula is C13H11FN4. The van der Waals surface area contributed by atoms with Gasteiger partial charge in [0.15, 0.2) is 11.5 Å². The molecule has 1 heterocycles. The van der Waals surface area contributed by atoms with E-state index in [1.165, 1.54) is 24.5 Å². The summed E-state index contributed by atoms with van der Waals surface area (Å²) in [7, 11) is 1.81. The first kappa shape index (κ1) is 12.0. The van der Waals surface area contributed by atoms with Gasteiger partial charge in [0, 0.05) is 26.0 Å². The molecule has 1 aromatic heterocycles. The van der Waals surface area contributed by atoms with Gasteiger partial charge in [-0.25, -0.2) is 14.4 Å². The van der Waals surface area contributed by atoms with Crippen LogP contribution in [0.5, 0.6) is 0 Å². The Morgan fingerprint density at radius 3 is 2.56 bits per heavy atom. The first-order valence-electron chi connectivity index (χ1n) is 5.37. The van der Waals surface area contributed by atoms with Crippen LogP contribution in [0.25, 0.3) is 0 Å². The number of anilines is 1. The highest BCUT2D eigenvalue weighted by Crippen LogP contribution is 2.15. The van der Waals surface area contributed by atoms with Crippen LogP contribution >= 0.6 is 0 Å². The van der Waals surface area contributed by atoms with Crippen LogP contribution < -0.4 is 4.90 Å². The molecule has 0 unspecified atom stereocenters. The van der Waals surface area contributed by atoms with Crippen LogP contribution in [0.4, 0.5) is 10.2 Å². The highest BCUT2D eigenvalue weighted by Gasteiger charge is 2.09. The van der Waals surface area contributed by atoms with Crippen LogP contribution in [-0.4, -0.2) is 17.0 Å². The van der Waals surface area contributed by atoms with E-state index in [0.29, 0.717) is 12.4 Å². The Morgan fingerprint density at radius 1 is 1.22 bits per heavy atom. The number of hydrogen-bond donors (Lipinski definition) is 0. The van der Waals surface area contributed by atoms with Gasteiger partial charge in [-0.15, -0.1) is 0 Å². The van der Waals surface area contributed by atoms with Crippen molar-refractivity contribution in [2.24, 2.45) is 0 Å². The third-order valence-corrected chi connectivity index (χ3v) is 2.48. The highest BCUT2D eigenvalue weighted by molar-refractivity contribution is 5.49. The van der Waals surface area contributed by atoms with Crippen molar-refractivity contribution in [1.82, 2.24) is 9.97 Å². The van der Waals surface area contributed by atoms with E-state index in [1.807, 2.05) is 13.1 Å². The van der Waals surface area contributed by atoms with Crippen LogP contribution in [0.3, 0.4) is 0 Å². The fourth-order valence-electron chi connectivity index (χ4n) is 1.63. The van der Waals surface area contributed by atoms with Crippen LogP contribution in [0.1, 0.15) is 11.3 Å². The van der Waals surface area contributed by atoms with E-state index < -0.39 is 0 Å². The molecule has 90 valence electrons. The molecule has 18 heavy (non-hydrogen) atoms. The van der Waals surface area contributed by atoms with E-state index in [9.17, 15) is 4.39 Å². The molecule has 0 atom stereocenters. The average Bonchev–Trinajstić information content (AvgIpc) is 2.41. The van der Waals surface area contributed by atoms with Crippen molar-refractivity contribution in [3.05, 3.63) is 53.7 Å². The third kappa shape index (κ3) is 2.61. The third-order valence-electron chi connectivity index (χ3n) is 2.48. The minimum absolute atomic E-state index is 0.265. The fourth-order valence-corrected chi connectivity index (χ4v) is 1.63. The van der Waals surface area contributed by atoms with Crippen LogP contribution in [-0.2, 0) is 6.54 Å². The van der Waals surface area contributed by atoms with Gasteiger partial charge in [-0.2, -0.15) is 5.26 Å². The Morgan fingerprint density at radius 2 is 1.89 bits per heavy atom. The quantitative estimate of drug-likeness (QED) is 0.827. The molecule has 0 aliphatic heterocycles. The molecule has 0 amide bonds. The maximum Gasteiger partial charge on any atom is 0.183 e. The molecule has 0 aliphatic rings. The molecule has 0 aliphatic carbocycles. The molecular weight excluding hydrogens is 231 g/mol. The second kappa shape index (κ2) is 5.23. The van der Waals surface area contributed by atoms with Gasteiger partial charge in [-0.3, -0.25) is 0 Å². The van der Waals surface area contributed by atoms with Crippen molar-refractivity contribution >= 4 is 5.82 Å². The van der Waals surface area contributed by atoms with Gasteiger partial charge < -0.3 is 4.90 Å². The van der Waals surface area contributed by atoms with Crippen molar-refractivity contribution < 1.29 is 4.39 Å². The lowest BCUT2D eigenvalue weighted by molar-refractivity contribution is 0.627. The molecule has 1 aromatic carbocycles. The number of benzene rings is 1. The number of nitriles is 1. The molecule has 0 fully saturated rings. The second-order valence-electron chi connectivity index (χ2n) is 3.82. The smallest absolute Gasteiger partial charge is 0.183 e. The predicted octanol–water partition coefficient (Wildman–Crippen LogP) is 2.12. The Balaban J connectivity index is 2.19. The number of nitrogens with zero attached hydrogens (tertiary/aromatic N) is 4. The maximum atomic E-state index is 12.8. The molecule has 2 aromatic rings. The Labute approximate surface area is 104 Å². The number of aromatic nitrogens is 2. The lowest BCUT2D eigenvalue weighted by Gasteiger charge is -2.18. The summed E-state index contributed by atoms with van der Waals surface area (Å²) < 4.78 is 12.8. The zero-order valence-electron chi connectivity index (χ0n) is 9.84. The Kier molecular flexibility index (Phi) is 3.49. The van der Waals surface area contributed by atoms with E-state index in [2.05, 4.69) is 9.97 Å². The average molecular weight is 242 g/mol. The van der Waals surface area contributed by atoms with Gasteiger partial charge in [0.05, 0.1) is 0 Å². The molecule has 0 spiro atoms. The monoisotopic (exact) mass is 242 g/mol. The van der Waals surface area contributed by atoms with E-state index in [4.69, 9.17) is 5.26 Å². The first-order chi connectivity index (χ1) is 8.70. The molecule has 2 rings (SSSR count). The lowest BCUT2D eigenvalue weighted by Crippen LogP contribution is -2.19. The standard InChI is InChI=1S/C13H11FN4/c1-18(9-10-2-4-11(14)5-3-10)13-12(8-15)16-6-7-17-13/h2-7H,9H2,1H3. The van der Waals surface area contributed by atoms with E-state index in [0.717, 1.165) is 5.56 Å². The summed E-state index contributed by atoms with van der Waals surface area (Å²) in [4.78, 5) is 9.88. The summed E-state index contributed by atoms with van der Waals surface area (Å²) in [5.74, 6) is 0.253. The predicted molar refractivity (Wildman–Crippen MR) is 65.3 cm³/mol. The van der Waals surface area contributed by atoms with Gasteiger partial charge in [0.25, 0.3) is 0 Å². The maximum absolute atomic E-state index is 12.8. The van der Waals surface area contributed by atoms with Crippen molar-refractivity contribution in [3.63, 3.8) is 0 Å². The molecule has 0 radical (unpaired) electrons. The van der Waals surface area contributed by atoms with Crippen molar-refractivity contribution in [2.75, 3.05) is 11.9 Å². The van der Waals surface area contributed by atoms with Crippen molar-refractivity contribution in [1.29, 1.82) is 5.26 Å². The zero-order chi connectivity index (χ0) is 13.0. The number of hydrogen-bond acceptors (Lipinski definition) is 4.